The first-order chi connectivity index (χ1) is 12.3. The average Bonchev–Trinajstić information content (AvgIpc) is 2.51. The first-order valence-electron chi connectivity index (χ1n) is 9.01. The van der Waals surface area contributed by atoms with Crippen LogP contribution >= 0.6 is 0 Å². The molecule has 1 aromatic carbocycles. The number of hydrogen-bond donors (Lipinski definition) is 0. The Labute approximate surface area is 162 Å². The van der Waals surface area contributed by atoms with Gasteiger partial charge < -0.3 is 4.74 Å². The molecule has 0 spiro atoms. The van der Waals surface area contributed by atoms with Gasteiger partial charge in [-0.15, -0.1) is 0 Å². The van der Waals surface area contributed by atoms with Crippen LogP contribution in [0.4, 0.5) is 0 Å². The summed E-state index contributed by atoms with van der Waals surface area (Å²) in [5, 5.41) is 0. The number of sulfone groups is 2. The lowest BCUT2D eigenvalue weighted by molar-refractivity contribution is -0.140. The molecule has 0 N–H and O–H groups in total. The van der Waals surface area contributed by atoms with E-state index in [0.29, 0.717) is 17.7 Å². The maximum Gasteiger partial charge on any atom is 0.183 e. The first kappa shape index (κ1) is 21.9. The number of carbonyl (C=O) groups excluding carboxylic acids is 1. The summed E-state index contributed by atoms with van der Waals surface area (Å²) in [7, 11) is -6.51. The monoisotopic (exact) mass is 416 g/mol. The Bertz CT molecular complexity index is 902. The summed E-state index contributed by atoms with van der Waals surface area (Å²) < 4.78 is 53.0. The van der Waals surface area contributed by atoms with Crippen molar-refractivity contribution in [2.24, 2.45) is 5.92 Å². The van der Waals surface area contributed by atoms with Gasteiger partial charge in [0.05, 0.1) is 17.4 Å². The number of ketones is 1. The van der Waals surface area contributed by atoms with Crippen LogP contribution < -0.4 is 4.74 Å². The Morgan fingerprint density at radius 2 is 1.63 bits per heavy atom. The molecular formula is C19H28O6S2. The van der Waals surface area contributed by atoms with Gasteiger partial charge in [-0.3, -0.25) is 4.79 Å². The van der Waals surface area contributed by atoms with Crippen LogP contribution in [0.3, 0.4) is 0 Å². The molecule has 2 atom stereocenters. The highest BCUT2D eigenvalue weighted by Gasteiger charge is 2.49. The van der Waals surface area contributed by atoms with E-state index >= 15 is 0 Å². The standard InChI is InChI=1S/C19H28O6S2/c1-14(2)13-19(10-12-27(4,23)24)18(20)16(9-11-26(3,21)22)15-7-5-6-8-17(15)25-19/h5-8,14,16H,9-13H2,1-4H3. The van der Waals surface area contributed by atoms with Crippen molar-refractivity contribution in [1.29, 1.82) is 0 Å². The second kappa shape index (κ2) is 7.91. The Hall–Kier alpha value is -1.41. The normalized spacial score (nSPS) is 23.1. The summed E-state index contributed by atoms with van der Waals surface area (Å²) in [6, 6.07) is 7.11. The van der Waals surface area contributed by atoms with E-state index in [2.05, 4.69) is 0 Å². The molecule has 1 heterocycles. The lowest BCUT2D eigenvalue weighted by Gasteiger charge is -2.42. The van der Waals surface area contributed by atoms with Gasteiger partial charge in [0.2, 0.25) is 0 Å². The number of hydrogen-bond acceptors (Lipinski definition) is 6. The Morgan fingerprint density at radius 3 is 2.19 bits per heavy atom. The number of para-hydroxylation sites is 1. The zero-order valence-corrected chi connectivity index (χ0v) is 17.9. The van der Waals surface area contributed by atoms with E-state index in [1.54, 1.807) is 24.3 Å². The predicted molar refractivity (Wildman–Crippen MR) is 106 cm³/mol. The smallest absolute Gasteiger partial charge is 0.183 e. The van der Waals surface area contributed by atoms with Crippen LogP contribution in [0.5, 0.6) is 5.75 Å². The van der Waals surface area contributed by atoms with Crippen molar-refractivity contribution in [2.45, 2.75) is 44.6 Å². The summed E-state index contributed by atoms with van der Waals surface area (Å²) >= 11 is 0. The Balaban J connectivity index is 2.49. The number of rotatable bonds is 8. The number of fused-ring (bicyclic) bond motifs is 1. The van der Waals surface area contributed by atoms with Gasteiger partial charge in [0.15, 0.2) is 11.4 Å². The van der Waals surface area contributed by atoms with E-state index in [0.717, 1.165) is 12.5 Å². The summed E-state index contributed by atoms with van der Waals surface area (Å²) in [6.45, 7) is 3.90. The first-order valence-corrected chi connectivity index (χ1v) is 13.1. The van der Waals surface area contributed by atoms with Crippen LogP contribution in [0, 0.1) is 5.92 Å². The molecule has 1 aliphatic rings. The van der Waals surface area contributed by atoms with Gasteiger partial charge in [-0.05, 0) is 24.8 Å². The molecule has 2 unspecified atom stereocenters. The van der Waals surface area contributed by atoms with Crippen molar-refractivity contribution in [3.05, 3.63) is 29.8 Å². The summed E-state index contributed by atoms with van der Waals surface area (Å²) in [4.78, 5) is 13.5. The molecule has 0 saturated heterocycles. The number of ether oxygens (including phenoxy) is 1. The molecule has 0 bridgehead atoms. The highest BCUT2D eigenvalue weighted by molar-refractivity contribution is 7.90. The quantitative estimate of drug-likeness (QED) is 0.646. The van der Waals surface area contributed by atoms with Crippen LogP contribution in [0.25, 0.3) is 0 Å². The maximum absolute atomic E-state index is 13.5. The van der Waals surface area contributed by atoms with Crippen LogP contribution in [-0.4, -0.2) is 52.2 Å². The average molecular weight is 417 g/mol. The molecular weight excluding hydrogens is 388 g/mol. The molecule has 0 fully saturated rings. The van der Waals surface area contributed by atoms with Crippen LogP contribution in [-0.2, 0) is 24.5 Å². The molecule has 0 saturated carbocycles. The third-order valence-corrected chi connectivity index (χ3v) is 6.68. The Morgan fingerprint density at radius 1 is 1.04 bits per heavy atom. The fraction of sp³-hybridized carbons (Fsp3) is 0.632. The van der Waals surface area contributed by atoms with Gasteiger partial charge in [-0.1, -0.05) is 32.0 Å². The minimum atomic E-state index is -3.28. The summed E-state index contributed by atoms with van der Waals surface area (Å²) in [6.07, 6.45) is 2.89. The van der Waals surface area contributed by atoms with Gasteiger partial charge in [0, 0.05) is 24.5 Å². The van der Waals surface area contributed by atoms with Crippen molar-refractivity contribution in [3.8, 4) is 5.75 Å². The zero-order valence-electron chi connectivity index (χ0n) is 16.3. The van der Waals surface area contributed by atoms with E-state index in [-0.39, 0.29) is 36.0 Å². The molecule has 0 aromatic heterocycles. The van der Waals surface area contributed by atoms with E-state index in [9.17, 15) is 21.6 Å². The number of Topliss-reactive ketones (excluding diaryl/α,β-unsaturated/α-hetero) is 1. The zero-order chi connectivity index (χ0) is 20.5. The number of benzene rings is 1. The van der Waals surface area contributed by atoms with Crippen LogP contribution in [0.1, 0.15) is 44.6 Å². The third kappa shape index (κ3) is 5.78. The molecule has 1 aliphatic heterocycles. The van der Waals surface area contributed by atoms with Gasteiger partial charge in [-0.2, -0.15) is 0 Å². The lowest BCUT2D eigenvalue weighted by atomic mass is 9.75. The minimum Gasteiger partial charge on any atom is -0.479 e. The topological polar surface area (TPSA) is 94.6 Å². The fourth-order valence-corrected chi connectivity index (χ4v) is 4.99. The summed E-state index contributed by atoms with van der Waals surface area (Å²) in [5.41, 5.74) is -0.585. The minimum absolute atomic E-state index is 0.0621. The predicted octanol–water partition coefficient (Wildman–Crippen LogP) is 2.39. The van der Waals surface area contributed by atoms with Crippen molar-refractivity contribution >= 4 is 25.5 Å². The molecule has 0 amide bonds. The molecule has 0 radical (unpaired) electrons. The highest BCUT2D eigenvalue weighted by Crippen LogP contribution is 2.44. The largest absolute Gasteiger partial charge is 0.479 e. The maximum atomic E-state index is 13.5. The van der Waals surface area contributed by atoms with E-state index < -0.39 is 31.2 Å². The van der Waals surface area contributed by atoms with E-state index in [1.807, 2.05) is 13.8 Å². The second-order valence-electron chi connectivity index (χ2n) is 7.95. The highest BCUT2D eigenvalue weighted by atomic mass is 32.2. The molecule has 2 rings (SSSR count). The molecule has 8 heteroatoms. The SMILES string of the molecule is CC(C)CC1(CCS(C)(=O)=O)Oc2ccccc2C(CCS(C)(=O)=O)C1=O. The molecule has 152 valence electrons. The summed E-state index contributed by atoms with van der Waals surface area (Å²) in [5.74, 6) is -0.474. The van der Waals surface area contributed by atoms with Gasteiger partial charge in [0.1, 0.15) is 25.4 Å². The van der Waals surface area contributed by atoms with E-state index in [1.165, 1.54) is 0 Å². The lowest BCUT2D eigenvalue weighted by Crippen LogP contribution is -2.52. The van der Waals surface area contributed by atoms with Crippen LogP contribution in [0.2, 0.25) is 0 Å². The van der Waals surface area contributed by atoms with Gasteiger partial charge in [-0.25, -0.2) is 16.8 Å². The fourth-order valence-electron chi connectivity index (χ4n) is 3.63. The van der Waals surface area contributed by atoms with Crippen molar-refractivity contribution in [3.63, 3.8) is 0 Å². The Kier molecular flexibility index (Phi) is 6.41. The van der Waals surface area contributed by atoms with Gasteiger partial charge in [0.25, 0.3) is 0 Å². The van der Waals surface area contributed by atoms with Crippen molar-refractivity contribution in [1.82, 2.24) is 0 Å². The van der Waals surface area contributed by atoms with Crippen molar-refractivity contribution < 1.29 is 26.4 Å². The second-order valence-corrected chi connectivity index (χ2v) is 12.5. The molecule has 0 aliphatic carbocycles. The number of carbonyl (C=O) groups is 1. The molecule has 1 aromatic rings. The van der Waals surface area contributed by atoms with Crippen molar-refractivity contribution in [2.75, 3.05) is 24.0 Å². The molecule has 27 heavy (non-hydrogen) atoms. The van der Waals surface area contributed by atoms with Gasteiger partial charge >= 0.3 is 0 Å². The van der Waals surface area contributed by atoms with Crippen LogP contribution in [0.15, 0.2) is 24.3 Å². The van der Waals surface area contributed by atoms with E-state index in [4.69, 9.17) is 4.74 Å². The third-order valence-electron chi connectivity index (χ3n) is 4.76. The molecule has 6 nitrogen and oxygen atoms in total.